The van der Waals surface area contributed by atoms with E-state index in [1.807, 2.05) is 0 Å². The molecule has 0 saturated carbocycles. The second kappa shape index (κ2) is 5.17. The van der Waals surface area contributed by atoms with Gasteiger partial charge in [0, 0.05) is 11.9 Å². The molecule has 0 aromatic heterocycles. The lowest BCUT2D eigenvalue weighted by Gasteiger charge is -2.28. The quantitative estimate of drug-likeness (QED) is 0.433. The molecule has 0 unspecified atom stereocenters. The molecule has 0 spiro atoms. The zero-order valence-electron chi connectivity index (χ0n) is 8.87. The highest BCUT2D eigenvalue weighted by Gasteiger charge is 2.51. The van der Waals surface area contributed by atoms with Crippen molar-refractivity contribution in [3.63, 3.8) is 0 Å². The van der Waals surface area contributed by atoms with E-state index >= 15 is 0 Å². The van der Waals surface area contributed by atoms with Crippen LogP contribution < -0.4 is 0 Å². The number of hydrogen-bond donors (Lipinski definition) is 0. The molecule has 0 N–H and O–H groups in total. The largest absolute Gasteiger partial charge is 0.271 e. The number of carbonyl (C=O) groups excluding carboxylic acids is 2. The molecule has 0 atom stereocenters. The maximum absolute atomic E-state index is 12.0. The number of benzene rings is 1. The van der Waals surface area contributed by atoms with Crippen LogP contribution in [-0.4, -0.2) is 23.6 Å². The molecule has 3 nitrogen and oxygen atoms in total. The molecule has 9 heteroatoms. The normalized spacial score (nSPS) is 15.9. The molecular weight excluding hydrogens is 375 g/mol. The van der Waals surface area contributed by atoms with Crippen molar-refractivity contribution >= 4 is 81.8 Å². The van der Waals surface area contributed by atoms with E-state index in [1.165, 1.54) is 12.1 Å². The Morgan fingerprint density at radius 1 is 0.895 bits per heavy atom. The molecular formula is C10H4Cl5NO2S. The topological polar surface area (TPSA) is 37.4 Å². The van der Waals surface area contributed by atoms with Crippen LogP contribution in [0.4, 0.5) is 0 Å². The Balaban J connectivity index is 2.31. The van der Waals surface area contributed by atoms with Crippen molar-refractivity contribution in [1.82, 2.24) is 4.31 Å². The van der Waals surface area contributed by atoms with Crippen LogP contribution in [0.3, 0.4) is 0 Å². The molecule has 0 fully saturated rings. The van der Waals surface area contributed by atoms with Gasteiger partial charge in [-0.2, -0.15) is 0 Å². The van der Waals surface area contributed by atoms with E-state index in [2.05, 4.69) is 0 Å². The molecule has 2 amide bonds. The molecule has 1 aromatic carbocycles. The first-order valence-corrected chi connectivity index (χ1v) is 7.43. The third-order valence-electron chi connectivity index (χ3n) is 2.29. The third-order valence-corrected chi connectivity index (χ3v) is 6.09. The fourth-order valence-corrected chi connectivity index (χ4v) is 2.84. The first-order valence-electron chi connectivity index (χ1n) is 4.76. The lowest BCUT2D eigenvalue weighted by Crippen LogP contribution is -2.35. The van der Waals surface area contributed by atoms with Crippen LogP contribution in [-0.2, 0) is 0 Å². The van der Waals surface area contributed by atoms with Gasteiger partial charge in [0.25, 0.3) is 11.8 Å². The van der Waals surface area contributed by atoms with E-state index < -0.39 is 19.3 Å². The van der Waals surface area contributed by atoms with Gasteiger partial charge in [-0.25, -0.2) is 4.31 Å². The number of imide groups is 1. The number of carbonyl (C=O) groups is 2. The number of amides is 2. The SMILES string of the molecule is O=C1c2ccccc2C(=O)N1SC(Cl)(Cl)C(Cl)(Cl)Cl. The van der Waals surface area contributed by atoms with E-state index in [9.17, 15) is 9.59 Å². The van der Waals surface area contributed by atoms with E-state index in [1.54, 1.807) is 12.1 Å². The minimum absolute atomic E-state index is 0.258. The maximum Gasteiger partial charge on any atom is 0.271 e. The summed E-state index contributed by atoms with van der Waals surface area (Å²) in [5, 5.41) is 0. The highest BCUT2D eigenvalue weighted by atomic mass is 35.6. The number of fused-ring (bicyclic) bond motifs is 1. The Bertz CT molecular complexity index is 522. The molecule has 0 aliphatic carbocycles. The van der Waals surface area contributed by atoms with E-state index in [0.717, 1.165) is 4.31 Å². The predicted molar refractivity (Wildman–Crippen MR) is 79.3 cm³/mol. The van der Waals surface area contributed by atoms with Crippen molar-refractivity contribution in [3.8, 4) is 0 Å². The number of rotatable bonds is 2. The minimum atomic E-state index is -2.07. The van der Waals surface area contributed by atoms with E-state index in [-0.39, 0.29) is 11.1 Å². The van der Waals surface area contributed by atoms with Gasteiger partial charge in [-0.05, 0) is 12.1 Å². The van der Waals surface area contributed by atoms with Gasteiger partial charge in [0.15, 0.2) is 0 Å². The molecule has 0 bridgehead atoms. The summed E-state index contributed by atoms with van der Waals surface area (Å²) >= 11 is 29.0. The molecule has 102 valence electrons. The van der Waals surface area contributed by atoms with Gasteiger partial charge in [0.1, 0.15) is 0 Å². The minimum Gasteiger partial charge on any atom is -0.268 e. The Labute approximate surface area is 138 Å². The Morgan fingerprint density at radius 3 is 1.68 bits per heavy atom. The standard InChI is InChI=1S/C10H4Cl5NO2S/c11-9(12,13)10(14,15)19-16-7(17)5-3-1-2-4-6(5)8(16)18/h1-4H. The monoisotopic (exact) mass is 377 g/mol. The van der Waals surface area contributed by atoms with Gasteiger partial charge >= 0.3 is 0 Å². The molecule has 1 aliphatic rings. The summed E-state index contributed by atoms with van der Waals surface area (Å²) < 4.78 is -3.27. The fourth-order valence-electron chi connectivity index (χ4n) is 1.42. The van der Waals surface area contributed by atoms with Gasteiger partial charge in [0.2, 0.25) is 7.46 Å². The fraction of sp³-hybridized carbons (Fsp3) is 0.200. The average Bonchev–Trinajstić information content (AvgIpc) is 2.54. The van der Waals surface area contributed by atoms with Crippen LogP contribution in [0, 0.1) is 0 Å². The number of halogens is 5. The summed E-state index contributed by atoms with van der Waals surface area (Å²) in [6.07, 6.45) is 0. The maximum atomic E-state index is 12.0. The van der Waals surface area contributed by atoms with Crippen LogP contribution in [0.1, 0.15) is 20.7 Å². The van der Waals surface area contributed by atoms with Gasteiger partial charge < -0.3 is 0 Å². The second-order valence-corrected chi connectivity index (χ2v) is 8.77. The Morgan fingerprint density at radius 2 is 1.32 bits per heavy atom. The van der Waals surface area contributed by atoms with Gasteiger partial charge in [0.05, 0.1) is 11.1 Å². The van der Waals surface area contributed by atoms with Crippen LogP contribution in [0.25, 0.3) is 0 Å². The first kappa shape index (κ1) is 15.5. The van der Waals surface area contributed by atoms with Crippen molar-refractivity contribution in [2.24, 2.45) is 0 Å². The number of alkyl halides is 5. The lowest BCUT2D eigenvalue weighted by molar-refractivity contribution is 0.0776. The van der Waals surface area contributed by atoms with Crippen LogP contribution >= 0.6 is 70.0 Å². The van der Waals surface area contributed by atoms with Crippen LogP contribution in [0.15, 0.2) is 24.3 Å². The summed E-state index contributed by atoms with van der Waals surface area (Å²) in [5.41, 5.74) is 0.516. The van der Waals surface area contributed by atoms with E-state index in [0.29, 0.717) is 11.9 Å². The predicted octanol–water partition coefficient (Wildman–Crippen LogP) is 4.43. The molecule has 1 aromatic rings. The van der Waals surface area contributed by atoms with Gasteiger partial charge in [-0.15, -0.1) is 0 Å². The molecule has 0 radical (unpaired) electrons. The van der Waals surface area contributed by atoms with Crippen molar-refractivity contribution < 1.29 is 9.59 Å². The van der Waals surface area contributed by atoms with Gasteiger partial charge in [-0.1, -0.05) is 70.1 Å². The smallest absolute Gasteiger partial charge is 0.268 e. The van der Waals surface area contributed by atoms with Crippen LogP contribution in [0.2, 0.25) is 0 Å². The van der Waals surface area contributed by atoms with Crippen molar-refractivity contribution in [1.29, 1.82) is 0 Å². The molecule has 1 aliphatic heterocycles. The van der Waals surface area contributed by atoms with Crippen molar-refractivity contribution in [2.45, 2.75) is 7.46 Å². The van der Waals surface area contributed by atoms with Crippen LogP contribution in [0.5, 0.6) is 0 Å². The molecule has 0 saturated heterocycles. The Hall–Kier alpha value is 0.160. The second-order valence-electron chi connectivity index (χ2n) is 3.56. The molecule has 19 heavy (non-hydrogen) atoms. The summed E-state index contributed by atoms with van der Waals surface area (Å²) in [7, 11) is 0. The molecule has 1 heterocycles. The van der Waals surface area contributed by atoms with E-state index in [4.69, 9.17) is 58.0 Å². The zero-order valence-corrected chi connectivity index (χ0v) is 13.5. The third kappa shape index (κ3) is 2.80. The summed E-state index contributed by atoms with van der Waals surface area (Å²) in [4.78, 5) is 24.1. The highest BCUT2D eigenvalue weighted by Crippen LogP contribution is 2.54. The zero-order chi connectivity index (χ0) is 14.4. The number of hydrogen-bond acceptors (Lipinski definition) is 3. The first-order chi connectivity index (χ1) is 8.65. The summed E-state index contributed by atoms with van der Waals surface area (Å²) in [6, 6.07) is 6.33. The highest BCUT2D eigenvalue weighted by molar-refractivity contribution is 8.02. The summed E-state index contributed by atoms with van der Waals surface area (Å²) in [5.74, 6) is -1.10. The molecule has 2 rings (SSSR count). The number of nitrogens with zero attached hydrogens (tertiary/aromatic N) is 1. The average molecular weight is 379 g/mol. The lowest BCUT2D eigenvalue weighted by atomic mass is 10.1. The van der Waals surface area contributed by atoms with Crippen molar-refractivity contribution in [2.75, 3.05) is 0 Å². The Kier molecular flexibility index (Phi) is 4.23. The summed E-state index contributed by atoms with van der Waals surface area (Å²) in [6.45, 7) is 0. The van der Waals surface area contributed by atoms with Gasteiger partial charge in [-0.3, -0.25) is 9.59 Å². The van der Waals surface area contributed by atoms with Crippen molar-refractivity contribution in [3.05, 3.63) is 35.4 Å².